The first kappa shape index (κ1) is 28.9. The van der Waals surface area contributed by atoms with Crippen LogP contribution in [0.2, 0.25) is 5.02 Å². The standard InChI is InChI=1S/C35H34ClFN2O5/c1-41-35(40)23-11-13-29-30(17-23)39(19-25-14-15-42-25)33(38-29)16-21-6-8-22(9-7-21)26-4-2-3-5-31(26)43-20-24-10-12-28(36)27-18-32(37)44-34(24)27/h2-5,10-13,17-18,21-22,25H,6-9,14-16,19-20H2,1H3/t21?,22?,25-/m0/s1. The zero-order valence-corrected chi connectivity index (χ0v) is 25.3. The van der Waals surface area contributed by atoms with Crippen molar-refractivity contribution in [2.45, 2.75) is 63.7 Å². The number of halogens is 2. The number of carbonyl (C=O) groups excluding carboxylic acids is 1. The zero-order valence-electron chi connectivity index (χ0n) is 24.6. The molecule has 0 N–H and O–H groups in total. The molecule has 3 heterocycles. The van der Waals surface area contributed by atoms with Crippen molar-refractivity contribution in [1.29, 1.82) is 0 Å². The van der Waals surface area contributed by atoms with Crippen molar-refractivity contribution in [3.05, 3.63) is 94.2 Å². The van der Waals surface area contributed by atoms with Gasteiger partial charge in [0.2, 0.25) is 0 Å². The van der Waals surface area contributed by atoms with Crippen molar-refractivity contribution in [3.8, 4) is 5.75 Å². The number of hydrogen-bond donors (Lipinski definition) is 0. The Morgan fingerprint density at radius 1 is 1.07 bits per heavy atom. The summed E-state index contributed by atoms with van der Waals surface area (Å²) < 4.78 is 38.4. The summed E-state index contributed by atoms with van der Waals surface area (Å²) in [6.07, 6.45) is 6.36. The maximum absolute atomic E-state index is 13.8. The molecule has 2 aromatic heterocycles. The second-order valence-corrected chi connectivity index (χ2v) is 12.3. The highest BCUT2D eigenvalue weighted by Gasteiger charge is 2.28. The predicted octanol–water partition coefficient (Wildman–Crippen LogP) is 8.25. The molecule has 7 nitrogen and oxygen atoms in total. The Kier molecular flexibility index (Phi) is 8.04. The monoisotopic (exact) mass is 616 g/mol. The highest BCUT2D eigenvalue weighted by molar-refractivity contribution is 6.35. The minimum atomic E-state index is -0.663. The number of methoxy groups -OCH3 is 1. The molecule has 9 heteroatoms. The molecule has 228 valence electrons. The Morgan fingerprint density at radius 3 is 2.66 bits per heavy atom. The SMILES string of the molecule is COC(=O)c1ccc2nc(CC3CCC(c4ccccc4OCc4ccc(Cl)c5cc(F)oc45)CC3)n(C[C@@H]3CCO3)c2c1. The van der Waals surface area contributed by atoms with Gasteiger partial charge in [0.05, 0.1) is 41.4 Å². The van der Waals surface area contributed by atoms with Crippen LogP contribution in [0.4, 0.5) is 4.39 Å². The Hall–Kier alpha value is -3.88. The molecule has 1 atom stereocenters. The molecule has 0 spiro atoms. The van der Waals surface area contributed by atoms with Crippen molar-refractivity contribution < 1.29 is 27.8 Å². The molecule has 3 aromatic carbocycles. The van der Waals surface area contributed by atoms with Gasteiger partial charge in [-0.3, -0.25) is 0 Å². The van der Waals surface area contributed by atoms with Crippen LogP contribution in [0, 0.1) is 11.9 Å². The van der Waals surface area contributed by atoms with E-state index in [0.29, 0.717) is 33.4 Å². The Labute approximate surface area is 259 Å². The lowest BCUT2D eigenvalue weighted by Gasteiger charge is -2.31. The first-order chi connectivity index (χ1) is 21.5. The van der Waals surface area contributed by atoms with E-state index in [1.165, 1.54) is 18.7 Å². The molecule has 5 aromatic rings. The van der Waals surface area contributed by atoms with E-state index in [1.807, 2.05) is 30.3 Å². The van der Waals surface area contributed by atoms with Gasteiger partial charge in [0.15, 0.2) is 0 Å². The number of para-hydroxylation sites is 1. The minimum Gasteiger partial charge on any atom is -0.488 e. The number of esters is 1. The molecule has 0 radical (unpaired) electrons. The zero-order chi connectivity index (χ0) is 30.2. The second-order valence-electron chi connectivity index (χ2n) is 11.9. The molecule has 1 saturated heterocycles. The number of hydrogen-bond acceptors (Lipinski definition) is 6. The number of ether oxygens (including phenoxy) is 3. The molecule has 44 heavy (non-hydrogen) atoms. The van der Waals surface area contributed by atoms with Gasteiger partial charge in [0.25, 0.3) is 6.01 Å². The van der Waals surface area contributed by atoms with Gasteiger partial charge < -0.3 is 23.2 Å². The number of benzene rings is 3. The van der Waals surface area contributed by atoms with Gasteiger partial charge in [-0.25, -0.2) is 9.78 Å². The molecule has 1 saturated carbocycles. The van der Waals surface area contributed by atoms with Gasteiger partial charge in [-0.2, -0.15) is 4.39 Å². The third-order valence-electron chi connectivity index (χ3n) is 9.17. The van der Waals surface area contributed by atoms with Crippen LogP contribution in [0.15, 0.2) is 65.1 Å². The van der Waals surface area contributed by atoms with Crippen molar-refractivity contribution in [3.63, 3.8) is 0 Å². The maximum atomic E-state index is 13.8. The summed E-state index contributed by atoms with van der Waals surface area (Å²) in [5, 5.41) is 1.00. The van der Waals surface area contributed by atoms with E-state index in [1.54, 1.807) is 12.1 Å². The average Bonchev–Trinajstić information content (AvgIpc) is 3.58. The van der Waals surface area contributed by atoms with Crippen LogP contribution in [0.3, 0.4) is 0 Å². The summed E-state index contributed by atoms with van der Waals surface area (Å²) in [6, 6.07) is 18.0. The molecular weight excluding hydrogens is 583 g/mol. The van der Waals surface area contributed by atoms with Gasteiger partial charge in [-0.15, -0.1) is 0 Å². The molecule has 1 aliphatic carbocycles. The van der Waals surface area contributed by atoms with Gasteiger partial charge >= 0.3 is 5.97 Å². The summed E-state index contributed by atoms with van der Waals surface area (Å²) >= 11 is 6.24. The number of imidazole rings is 1. The van der Waals surface area contributed by atoms with E-state index >= 15 is 0 Å². The third kappa shape index (κ3) is 5.69. The number of carbonyl (C=O) groups is 1. The van der Waals surface area contributed by atoms with Crippen molar-refractivity contribution >= 4 is 39.6 Å². The molecule has 2 aliphatic rings. The number of fused-ring (bicyclic) bond motifs is 2. The van der Waals surface area contributed by atoms with E-state index in [9.17, 15) is 9.18 Å². The van der Waals surface area contributed by atoms with Crippen molar-refractivity contribution in [1.82, 2.24) is 9.55 Å². The number of rotatable bonds is 9. The van der Waals surface area contributed by atoms with E-state index in [-0.39, 0.29) is 18.7 Å². The number of nitrogens with zero attached hydrogens (tertiary/aromatic N) is 2. The second kappa shape index (κ2) is 12.3. The summed E-state index contributed by atoms with van der Waals surface area (Å²) in [7, 11) is 1.40. The van der Waals surface area contributed by atoms with Crippen LogP contribution in [0.5, 0.6) is 5.75 Å². The van der Waals surface area contributed by atoms with Gasteiger partial charge in [-0.1, -0.05) is 35.9 Å². The van der Waals surface area contributed by atoms with Crippen LogP contribution in [0.25, 0.3) is 22.0 Å². The maximum Gasteiger partial charge on any atom is 0.337 e. The fourth-order valence-electron chi connectivity index (χ4n) is 6.68. The summed E-state index contributed by atoms with van der Waals surface area (Å²) in [6.45, 7) is 1.79. The normalized spacial score (nSPS) is 20.1. The lowest BCUT2D eigenvalue weighted by molar-refractivity contribution is -0.0590. The molecule has 7 rings (SSSR count). The van der Waals surface area contributed by atoms with Crippen LogP contribution in [-0.4, -0.2) is 35.3 Å². The van der Waals surface area contributed by atoms with Gasteiger partial charge in [-0.05, 0) is 79.8 Å². The number of aromatic nitrogens is 2. The topological polar surface area (TPSA) is 75.7 Å². The average molecular weight is 617 g/mol. The predicted molar refractivity (Wildman–Crippen MR) is 166 cm³/mol. The van der Waals surface area contributed by atoms with E-state index in [4.69, 9.17) is 35.2 Å². The highest BCUT2D eigenvalue weighted by Crippen LogP contribution is 2.41. The number of furan rings is 1. The Morgan fingerprint density at radius 2 is 1.89 bits per heavy atom. The lowest BCUT2D eigenvalue weighted by atomic mass is 9.77. The van der Waals surface area contributed by atoms with Crippen LogP contribution < -0.4 is 4.74 Å². The van der Waals surface area contributed by atoms with E-state index in [0.717, 1.165) is 79.8 Å². The van der Waals surface area contributed by atoms with Crippen molar-refractivity contribution in [2.24, 2.45) is 5.92 Å². The molecular formula is C35H34ClFN2O5. The summed E-state index contributed by atoms with van der Waals surface area (Å²) in [5.41, 5.74) is 4.74. The first-order valence-corrected chi connectivity index (χ1v) is 15.6. The molecule has 1 aliphatic heterocycles. The molecule has 0 bridgehead atoms. The largest absolute Gasteiger partial charge is 0.488 e. The van der Waals surface area contributed by atoms with Crippen molar-refractivity contribution in [2.75, 3.05) is 13.7 Å². The fourth-order valence-corrected chi connectivity index (χ4v) is 6.88. The van der Waals surface area contributed by atoms with Gasteiger partial charge in [0.1, 0.15) is 23.8 Å². The third-order valence-corrected chi connectivity index (χ3v) is 9.50. The van der Waals surface area contributed by atoms with E-state index in [2.05, 4.69) is 16.7 Å². The smallest absolute Gasteiger partial charge is 0.337 e. The van der Waals surface area contributed by atoms with Crippen LogP contribution >= 0.6 is 11.6 Å². The van der Waals surface area contributed by atoms with E-state index < -0.39 is 6.01 Å². The first-order valence-electron chi connectivity index (χ1n) is 15.2. The summed E-state index contributed by atoms with van der Waals surface area (Å²) in [5.74, 6) is 2.44. The quantitative estimate of drug-likeness (QED) is 0.155. The minimum absolute atomic E-state index is 0.177. The summed E-state index contributed by atoms with van der Waals surface area (Å²) in [4.78, 5) is 17.2. The van der Waals surface area contributed by atoms with Crippen LogP contribution in [0.1, 0.15) is 65.3 Å². The van der Waals surface area contributed by atoms with Crippen LogP contribution in [-0.2, 0) is 29.0 Å². The Bertz CT molecular complexity index is 1820. The molecule has 0 unspecified atom stereocenters. The van der Waals surface area contributed by atoms with Gasteiger partial charge in [0, 0.05) is 30.0 Å². The lowest BCUT2D eigenvalue weighted by Crippen LogP contribution is -2.32. The highest BCUT2D eigenvalue weighted by atomic mass is 35.5. The Balaban J connectivity index is 1.05. The fraction of sp³-hybridized carbons (Fsp3) is 0.371. The molecule has 0 amide bonds. The molecule has 2 fully saturated rings.